The van der Waals surface area contributed by atoms with Gasteiger partial charge in [-0.05, 0) is 36.8 Å². The number of aliphatic imine (C=N–C) groups is 1. The van der Waals surface area contributed by atoms with E-state index in [1.165, 1.54) is 4.31 Å². The number of rotatable bonds is 6. The minimum Gasteiger partial charge on any atom is -0.370 e. The summed E-state index contributed by atoms with van der Waals surface area (Å²) >= 11 is 0. The Morgan fingerprint density at radius 3 is 2.59 bits per heavy atom. The van der Waals surface area contributed by atoms with Crippen LogP contribution in [0.4, 0.5) is 11.5 Å². The van der Waals surface area contributed by atoms with Crippen molar-refractivity contribution >= 4 is 51.5 Å². The van der Waals surface area contributed by atoms with Crippen LogP contribution in [0.5, 0.6) is 0 Å². The van der Waals surface area contributed by atoms with Crippen molar-refractivity contribution in [2.45, 2.75) is 6.92 Å². The van der Waals surface area contributed by atoms with E-state index in [1.54, 1.807) is 6.20 Å². The van der Waals surface area contributed by atoms with E-state index < -0.39 is 10.0 Å². The Hall–Kier alpha value is -1.92. The number of guanidine groups is 1. The second kappa shape index (κ2) is 10.7. The highest BCUT2D eigenvalue weighted by atomic mass is 127. The first-order valence-electron chi connectivity index (χ1n) is 9.21. The lowest BCUT2D eigenvalue weighted by Gasteiger charge is -2.34. The molecule has 0 aliphatic carbocycles. The van der Waals surface area contributed by atoms with Gasteiger partial charge in [-0.15, -0.1) is 24.0 Å². The van der Waals surface area contributed by atoms with Crippen LogP contribution in [0.15, 0.2) is 53.7 Å². The van der Waals surface area contributed by atoms with E-state index in [0.29, 0.717) is 26.2 Å². The molecule has 1 aliphatic rings. The van der Waals surface area contributed by atoms with Crippen molar-refractivity contribution in [1.82, 2.24) is 9.29 Å². The SMILES string of the molecule is Cc1cccc(NC(N)=NCCS(=O)(=O)N2CCN(c3ccccn3)CC2)c1.I. The predicted molar refractivity (Wildman–Crippen MR) is 129 cm³/mol. The maximum atomic E-state index is 12.6. The molecule has 1 aromatic heterocycles. The Balaban J connectivity index is 0.00000300. The average Bonchev–Trinajstić information content (AvgIpc) is 2.68. The van der Waals surface area contributed by atoms with Gasteiger partial charge in [0.15, 0.2) is 5.96 Å². The van der Waals surface area contributed by atoms with Crippen LogP contribution in [0.25, 0.3) is 0 Å². The summed E-state index contributed by atoms with van der Waals surface area (Å²) < 4.78 is 26.7. The van der Waals surface area contributed by atoms with E-state index >= 15 is 0 Å². The Labute approximate surface area is 189 Å². The van der Waals surface area contributed by atoms with Crippen molar-refractivity contribution in [2.24, 2.45) is 10.7 Å². The highest BCUT2D eigenvalue weighted by Crippen LogP contribution is 2.15. The average molecular weight is 530 g/mol. The number of pyridine rings is 1. The van der Waals surface area contributed by atoms with Crippen molar-refractivity contribution in [2.75, 3.05) is 48.7 Å². The summed E-state index contributed by atoms with van der Waals surface area (Å²) in [5, 5.41) is 2.98. The Morgan fingerprint density at radius 2 is 1.93 bits per heavy atom. The molecule has 0 unspecified atom stereocenters. The van der Waals surface area contributed by atoms with Crippen LogP contribution in [0.1, 0.15) is 5.56 Å². The molecule has 1 aromatic carbocycles. The lowest BCUT2D eigenvalue weighted by molar-refractivity contribution is 0.384. The van der Waals surface area contributed by atoms with Gasteiger partial charge < -0.3 is 16.0 Å². The molecular weight excluding hydrogens is 503 g/mol. The molecule has 0 atom stereocenters. The monoisotopic (exact) mass is 530 g/mol. The standard InChI is InChI=1S/C19H26N6O2S.HI/c1-16-5-4-6-17(15-16)23-19(20)22-9-14-28(26,27)25-12-10-24(11-13-25)18-7-2-3-8-21-18;/h2-8,15H,9-14H2,1H3,(H3,20,22,23);1H. The molecule has 0 spiro atoms. The van der Waals surface area contributed by atoms with E-state index in [9.17, 15) is 8.42 Å². The molecule has 3 rings (SSSR count). The second-order valence-electron chi connectivity index (χ2n) is 6.65. The summed E-state index contributed by atoms with van der Waals surface area (Å²) in [7, 11) is -3.37. The third-order valence-electron chi connectivity index (χ3n) is 4.53. The van der Waals surface area contributed by atoms with Gasteiger partial charge in [0.05, 0.1) is 12.3 Å². The van der Waals surface area contributed by atoms with Crippen LogP contribution in [0.3, 0.4) is 0 Å². The fourth-order valence-corrected chi connectivity index (χ4v) is 4.36. The van der Waals surface area contributed by atoms with Crippen LogP contribution in [-0.2, 0) is 10.0 Å². The lowest BCUT2D eigenvalue weighted by Crippen LogP contribution is -2.49. The molecule has 2 heterocycles. The van der Waals surface area contributed by atoms with Gasteiger partial charge in [0, 0.05) is 38.1 Å². The van der Waals surface area contributed by atoms with Crippen LogP contribution in [0.2, 0.25) is 0 Å². The molecule has 1 fully saturated rings. The summed E-state index contributed by atoms with van der Waals surface area (Å²) in [5.41, 5.74) is 7.79. The number of hydrogen-bond donors (Lipinski definition) is 2. The van der Waals surface area contributed by atoms with Gasteiger partial charge in [0.25, 0.3) is 0 Å². The van der Waals surface area contributed by atoms with Crippen molar-refractivity contribution in [3.63, 3.8) is 0 Å². The molecule has 2 aromatic rings. The quantitative estimate of drug-likeness (QED) is 0.336. The number of nitrogens with zero attached hydrogens (tertiary/aromatic N) is 4. The van der Waals surface area contributed by atoms with E-state index in [2.05, 4.69) is 20.2 Å². The molecule has 10 heteroatoms. The molecule has 158 valence electrons. The summed E-state index contributed by atoms with van der Waals surface area (Å²) in [6.07, 6.45) is 1.74. The molecule has 0 saturated carbocycles. The van der Waals surface area contributed by atoms with Crippen LogP contribution in [0, 0.1) is 6.92 Å². The molecule has 0 bridgehead atoms. The van der Waals surface area contributed by atoms with Gasteiger partial charge in [-0.2, -0.15) is 4.31 Å². The zero-order chi connectivity index (χ0) is 20.0. The van der Waals surface area contributed by atoms with Crippen molar-refractivity contribution in [1.29, 1.82) is 0 Å². The number of nitrogens with two attached hydrogens (primary N) is 1. The molecule has 1 saturated heterocycles. The smallest absolute Gasteiger partial charge is 0.216 e. The normalized spacial score (nSPS) is 15.6. The minimum absolute atomic E-state index is 0. The van der Waals surface area contributed by atoms with Gasteiger partial charge >= 0.3 is 0 Å². The number of hydrogen-bond acceptors (Lipinski definition) is 5. The van der Waals surface area contributed by atoms with Gasteiger partial charge in [-0.25, -0.2) is 13.4 Å². The van der Waals surface area contributed by atoms with Gasteiger partial charge in [0.1, 0.15) is 5.82 Å². The highest BCUT2D eigenvalue weighted by molar-refractivity contribution is 14.0. The molecular formula is C19H27IN6O2S. The fraction of sp³-hybridized carbons (Fsp3) is 0.368. The maximum absolute atomic E-state index is 12.6. The zero-order valence-corrected chi connectivity index (χ0v) is 19.5. The third kappa shape index (κ3) is 6.82. The number of aromatic nitrogens is 1. The predicted octanol–water partition coefficient (Wildman–Crippen LogP) is 1.89. The Morgan fingerprint density at radius 1 is 1.17 bits per heavy atom. The number of piperazine rings is 1. The van der Waals surface area contributed by atoms with Crippen molar-refractivity contribution in [3.05, 3.63) is 54.2 Å². The Bertz CT molecular complexity index is 915. The highest BCUT2D eigenvalue weighted by Gasteiger charge is 2.26. The largest absolute Gasteiger partial charge is 0.370 e. The molecule has 0 amide bonds. The van der Waals surface area contributed by atoms with E-state index in [0.717, 1.165) is 17.1 Å². The maximum Gasteiger partial charge on any atom is 0.216 e. The number of aryl methyl sites for hydroxylation is 1. The van der Waals surface area contributed by atoms with Crippen LogP contribution in [-0.4, -0.2) is 62.1 Å². The van der Waals surface area contributed by atoms with Gasteiger partial charge in [0.2, 0.25) is 10.0 Å². The van der Waals surface area contributed by atoms with Gasteiger partial charge in [-0.1, -0.05) is 18.2 Å². The topological polar surface area (TPSA) is 104 Å². The third-order valence-corrected chi connectivity index (χ3v) is 6.38. The number of benzene rings is 1. The van der Waals surface area contributed by atoms with Crippen molar-refractivity contribution in [3.8, 4) is 0 Å². The summed E-state index contributed by atoms with van der Waals surface area (Å²) in [6, 6.07) is 13.5. The molecule has 8 nitrogen and oxygen atoms in total. The molecule has 1 aliphatic heterocycles. The Kier molecular flexibility index (Phi) is 8.65. The van der Waals surface area contributed by atoms with Gasteiger partial charge in [-0.3, -0.25) is 4.99 Å². The van der Waals surface area contributed by atoms with Crippen LogP contribution >= 0.6 is 24.0 Å². The summed E-state index contributed by atoms with van der Waals surface area (Å²) in [4.78, 5) is 10.6. The lowest BCUT2D eigenvalue weighted by atomic mass is 10.2. The second-order valence-corrected chi connectivity index (χ2v) is 8.74. The summed E-state index contributed by atoms with van der Waals surface area (Å²) in [5.74, 6) is 1.02. The number of nitrogens with one attached hydrogen (secondary N) is 1. The zero-order valence-electron chi connectivity index (χ0n) is 16.4. The number of sulfonamides is 1. The molecule has 3 N–H and O–H groups in total. The van der Waals surface area contributed by atoms with E-state index in [4.69, 9.17) is 5.73 Å². The minimum atomic E-state index is -3.37. The molecule has 29 heavy (non-hydrogen) atoms. The fourth-order valence-electron chi connectivity index (χ4n) is 3.06. The van der Waals surface area contributed by atoms with Crippen LogP contribution < -0.4 is 16.0 Å². The number of anilines is 2. The number of halogens is 1. The first-order valence-corrected chi connectivity index (χ1v) is 10.8. The first kappa shape index (κ1) is 23.4. The van der Waals surface area contributed by atoms with E-state index in [1.807, 2.05) is 49.4 Å². The first-order chi connectivity index (χ1) is 13.4. The summed E-state index contributed by atoms with van der Waals surface area (Å²) in [6.45, 7) is 4.23. The molecule has 0 radical (unpaired) electrons. The van der Waals surface area contributed by atoms with Crippen molar-refractivity contribution < 1.29 is 8.42 Å². The van der Waals surface area contributed by atoms with E-state index in [-0.39, 0.29) is 42.2 Å².